The van der Waals surface area contributed by atoms with Gasteiger partial charge in [-0.1, -0.05) is 24.3 Å². The quantitative estimate of drug-likeness (QED) is 0.709. The standard InChI is InChI=1S/C17H17N3S/c1-20(16-14-9-10-21-17(14)19-11-18-16)15-8-4-6-12-5-2-3-7-13(12)15/h2-3,5,7,9-11,15H,4,6,8H2,1H3/t15-/m1/s1. The van der Waals surface area contributed by atoms with Gasteiger partial charge in [0.1, 0.15) is 17.0 Å². The Morgan fingerprint density at radius 1 is 1.19 bits per heavy atom. The van der Waals surface area contributed by atoms with Crippen LogP contribution in [0.1, 0.15) is 30.0 Å². The van der Waals surface area contributed by atoms with Gasteiger partial charge in [-0.3, -0.25) is 0 Å². The summed E-state index contributed by atoms with van der Waals surface area (Å²) in [7, 11) is 2.16. The summed E-state index contributed by atoms with van der Waals surface area (Å²) >= 11 is 1.67. The third-order valence-electron chi connectivity index (χ3n) is 4.38. The molecule has 4 rings (SSSR count). The number of rotatable bonds is 2. The maximum absolute atomic E-state index is 4.55. The van der Waals surface area contributed by atoms with Crippen molar-refractivity contribution >= 4 is 27.4 Å². The highest BCUT2D eigenvalue weighted by Gasteiger charge is 2.25. The molecule has 0 saturated carbocycles. The lowest BCUT2D eigenvalue weighted by molar-refractivity contribution is 0.543. The second-order valence-electron chi connectivity index (χ2n) is 5.55. The van der Waals surface area contributed by atoms with Gasteiger partial charge in [0.05, 0.1) is 11.4 Å². The summed E-state index contributed by atoms with van der Waals surface area (Å²) < 4.78 is 0. The summed E-state index contributed by atoms with van der Waals surface area (Å²) in [4.78, 5) is 12.3. The van der Waals surface area contributed by atoms with Gasteiger partial charge in [0.2, 0.25) is 0 Å². The number of aromatic nitrogens is 2. The number of hydrogen-bond donors (Lipinski definition) is 0. The largest absolute Gasteiger partial charge is 0.352 e. The van der Waals surface area contributed by atoms with E-state index in [1.165, 1.54) is 30.4 Å². The van der Waals surface area contributed by atoms with Gasteiger partial charge in [-0.25, -0.2) is 9.97 Å². The van der Waals surface area contributed by atoms with Gasteiger partial charge in [-0.15, -0.1) is 11.3 Å². The Morgan fingerprint density at radius 3 is 3.05 bits per heavy atom. The van der Waals surface area contributed by atoms with Gasteiger partial charge in [-0.05, 0) is 41.8 Å². The van der Waals surface area contributed by atoms with Crippen LogP contribution in [0, 0.1) is 0 Å². The third kappa shape index (κ3) is 2.10. The van der Waals surface area contributed by atoms with E-state index in [9.17, 15) is 0 Å². The molecular weight excluding hydrogens is 278 g/mol. The molecule has 3 aromatic rings. The van der Waals surface area contributed by atoms with Gasteiger partial charge in [-0.2, -0.15) is 0 Å². The van der Waals surface area contributed by atoms with E-state index in [-0.39, 0.29) is 0 Å². The highest BCUT2D eigenvalue weighted by Crippen LogP contribution is 2.37. The summed E-state index contributed by atoms with van der Waals surface area (Å²) in [6.45, 7) is 0. The smallest absolute Gasteiger partial charge is 0.141 e. The fraction of sp³-hybridized carbons (Fsp3) is 0.294. The van der Waals surface area contributed by atoms with Crippen LogP contribution in [0.15, 0.2) is 42.0 Å². The first-order valence-corrected chi connectivity index (χ1v) is 8.21. The fourth-order valence-electron chi connectivity index (χ4n) is 3.34. The van der Waals surface area contributed by atoms with Crippen molar-refractivity contribution in [3.63, 3.8) is 0 Å². The molecule has 0 amide bonds. The minimum Gasteiger partial charge on any atom is -0.352 e. The SMILES string of the molecule is CN(c1ncnc2sccc12)[C@@H]1CCCc2ccccc21. The van der Waals surface area contributed by atoms with Crippen LogP contribution in [-0.4, -0.2) is 17.0 Å². The van der Waals surface area contributed by atoms with Gasteiger partial charge in [0.25, 0.3) is 0 Å². The molecule has 0 radical (unpaired) electrons. The zero-order valence-electron chi connectivity index (χ0n) is 12.0. The van der Waals surface area contributed by atoms with E-state index in [1.54, 1.807) is 17.7 Å². The molecule has 1 atom stereocenters. The third-order valence-corrected chi connectivity index (χ3v) is 5.20. The molecule has 4 heteroatoms. The van der Waals surface area contributed by atoms with E-state index in [1.807, 2.05) is 0 Å². The number of anilines is 1. The molecule has 0 fully saturated rings. The molecule has 0 spiro atoms. The van der Waals surface area contributed by atoms with Crippen molar-refractivity contribution in [2.24, 2.45) is 0 Å². The van der Waals surface area contributed by atoms with Crippen LogP contribution < -0.4 is 4.90 Å². The summed E-state index contributed by atoms with van der Waals surface area (Å²) in [5.74, 6) is 1.04. The number of hydrogen-bond acceptors (Lipinski definition) is 4. The summed E-state index contributed by atoms with van der Waals surface area (Å²) in [5.41, 5.74) is 2.93. The topological polar surface area (TPSA) is 29.0 Å². The molecule has 106 valence electrons. The molecule has 0 aliphatic heterocycles. The van der Waals surface area contributed by atoms with Gasteiger partial charge >= 0.3 is 0 Å². The second kappa shape index (κ2) is 5.11. The average Bonchev–Trinajstić information content (AvgIpc) is 3.02. The monoisotopic (exact) mass is 295 g/mol. The molecule has 0 saturated heterocycles. The lowest BCUT2D eigenvalue weighted by Crippen LogP contribution is -2.28. The Morgan fingerprint density at radius 2 is 2.10 bits per heavy atom. The van der Waals surface area contributed by atoms with Gasteiger partial charge in [0, 0.05) is 7.05 Å². The van der Waals surface area contributed by atoms with Crippen molar-refractivity contribution < 1.29 is 0 Å². The molecule has 0 bridgehead atoms. The molecule has 0 N–H and O–H groups in total. The Hall–Kier alpha value is -1.94. The van der Waals surface area contributed by atoms with Crippen molar-refractivity contribution in [2.45, 2.75) is 25.3 Å². The first-order valence-electron chi connectivity index (χ1n) is 7.33. The van der Waals surface area contributed by atoms with Crippen LogP contribution in [0.3, 0.4) is 0 Å². The summed E-state index contributed by atoms with van der Waals surface area (Å²) in [6, 6.07) is 11.3. The van der Waals surface area contributed by atoms with Gasteiger partial charge < -0.3 is 4.90 Å². The van der Waals surface area contributed by atoms with Crippen LogP contribution >= 0.6 is 11.3 Å². The van der Waals surface area contributed by atoms with Crippen LogP contribution in [0.5, 0.6) is 0 Å². The Kier molecular flexibility index (Phi) is 3.11. The first-order chi connectivity index (χ1) is 10.3. The van der Waals surface area contributed by atoms with Crippen molar-refractivity contribution in [1.82, 2.24) is 9.97 Å². The lowest BCUT2D eigenvalue weighted by Gasteiger charge is -2.34. The highest BCUT2D eigenvalue weighted by molar-refractivity contribution is 7.16. The summed E-state index contributed by atoms with van der Waals surface area (Å²) in [6.07, 6.45) is 5.30. The van der Waals surface area contributed by atoms with E-state index >= 15 is 0 Å². The van der Waals surface area contributed by atoms with E-state index in [2.05, 4.69) is 57.6 Å². The number of thiophene rings is 1. The second-order valence-corrected chi connectivity index (χ2v) is 6.45. The van der Waals surface area contributed by atoms with E-state index in [0.29, 0.717) is 6.04 Å². The molecule has 1 aliphatic rings. The Balaban J connectivity index is 1.79. The lowest BCUT2D eigenvalue weighted by atomic mass is 9.87. The van der Waals surface area contributed by atoms with E-state index in [4.69, 9.17) is 0 Å². The number of aryl methyl sites for hydroxylation is 1. The minimum atomic E-state index is 0.410. The molecule has 3 nitrogen and oxygen atoms in total. The molecule has 0 unspecified atom stereocenters. The highest BCUT2D eigenvalue weighted by atomic mass is 32.1. The normalized spacial score (nSPS) is 17.7. The molecule has 2 aromatic heterocycles. The number of fused-ring (bicyclic) bond motifs is 2. The van der Waals surface area contributed by atoms with Crippen LogP contribution in [0.2, 0.25) is 0 Å². The Labute approximate surface area is 128 Å². The van der Waals surface area contributed by atoms with E-state index in [0.717, 1.165) is 16.0 Å². The van der Waals surface area contributed by atoms with Crippen LogP contribution in [0.25, 0.3) is 10.2 Å². The first kappa shape index (κ1) is 12.8. The zero-order chi connectivity index (χ0) is 14.2. The molecule has 2 heterocycles. The maximum atomic E-state index is 4.55. The van der Waals surface area contributed by atoms with Crippen molar-refractivity contribution in [1.29, 1.82) is 0 Å². The number of benzene rings is 1. The van der Waals surface area contributed by atoms with Crippen molar-refractivity contribution in [3.8, 4) is 0 Å². The van der Waals surface area contributed by atoms with Crippen molar-refractivity contribution in [3.05, 3.63) is 53.2 Å². The van der Waals surface area contributed by atoms with Crippen molar-refractivity contribution in [2.75, 3.05) is 11.9 Å². The molecule has 1 aromatic carbocycles. The van der Waals surface area contributed by atoms with Crippen LogP contribution in [0.4, 0.5) is 5.82 Å². The predicted molar refractivity (Wildman–Crippen MR) is 87.9 cm³/mol. The average molecular weight is 295 g/mol. The number of nitrogens with zero attached hydrogens (tertiary/aromatic N) is 3. The van der Waals surface area contributed by atoms with E-state index < -0.39 is 0 Å². The fourth-order valence-corrected chi connectivity index (χ4v) is 4.06. The molecular formula is C17H17N3S. The molecule has 1 aliphatic carbocycles. The van der Waals surface area contributed by atoms with Crippen LogP contribution in [-0.2, 0) is 6.42 Å². The minimum absolute atomic E-state index is 0.410. The predicted octanol–water partition coefficient (Wildman–Crippen LogP) is 4.21. The molecule has 21 heavy (non-hydrogen) atoms. The zero-order valence-corrected chi connectivity index (χ0v) is 12.8. The summed E-state index contributed by atoms with van der Waals surface area (Å²) in [5, 5.41) is 3.25. The Bertz CT molecular complexity index is 780. The van der Waals surface area contributed by atoms with Gasteiger partial charge in [0.15, 0.2) is 0 Å². The maximum Gasteiger partial charge on any atom is 0.141 e.